The van der Waals surface area contributed by atoms with Gasteiger partial charge in [-0.15, -0.1) is 0 Å². The van der Waals surface area contributed by atoms with Crippen LogP contribution in [0.5, 0.6) is 0 Å². The Bertz CT molecular complexity index is 797. The monoisotopic (exact) mass is 380 g/mol. The predicted octanol–water partition coefficient (Wildman–Crippen LogP) is 4.97. The van der Waals surface area contributed by atoms with Crippen LogP contribution in [0.25, 0.3) is 5.57 Å². The van der Waals surface area contributed by atoms with Crippen LogP contribution in [0, 0.1) is 0 Å². The van der Waals surface area contributed by atoms with Gasteiger partial charge < -0.3 is 15.3 Å². The molecule has 0 aromatic heterocycles. The Hall–Kier alpha value is -2.20. The normalized spacial score (nSPS) is 12.9. The van der Waals surface area contributed by atoms with E-state index in [2.05, 4.69) is 31.2 Å². The van der Waals surface area contributed by atoms with Crippen molar-refractivity contribution in [3.05, 3.63) is 89.0 Å². The van der Waals surface area contributed by atoms with Crippen LogP contribution >= 0.6 is 0 Å². The molecule has 2 aromatic carbocycles. The van der Waals surface area contributed by atoms with Crippen molar-refractivity contribution < 1.29 is 15.3 Å². The molecule has 28 heavy (non-hydrogen) atoms. The van der Waals surface area contributed by atoms with Crippen molar-refractivity contribution in [3.63, 3.8) is 0 Å². The van der Waals surface area contributed by atoms with Crippen LogP contribution in [0.4, 0.5) is 0 Å². The molecule has 150 valence electrons. The Morgan fingerprint density at radius 3 is 2.21 bits per heavy atom. The van der Waals surface area contributed by atoms with Crippen molar-refractivity contribution in [2.24, 2.45) is 0 Å². The second kappa shape index (κ2) is 10.4. The van der Waals surface area contributed by atoms with Gasteiger partial charge in [0.15, 0.2) is 6.29 Å². The Morgan fingerprint density at radius 1 is 0.964 bits per heavy atom. The van der Waals surface area contributed by atoms with Gasteiger partial charge in [0.05, 0.1) is 5.60 Å². The maximum absolute atomic E-state index is 10.3. The third-order valence-corrected chi connectivity index (χ3v) is 5.34. The lowest BCUT2D eigenvalue weighted by Gasteiger charge is -2.19. The van der Waals surface area contributed by atoms with Crippen molar-refractivity contribution in [1.82, 2.24) is 0 Å². The van der Waals surface area contributed by atoms with E-state index in [9.17, 15) is 15.3 Å². The van der Waals surface area contributed by atoms with Crippen molar-refractivity contribution in [1.29, 1.82) is 0 Å². The molecule has 0 heterocycles. The van der Waals surface area contributed by atoms with Gasteiger partial charge in [0, 0.05) is 5.56 Å². The van der Waals surface area contributed by atoms with Gasteiger partial charge in [-0.25, -0.2) is 0 Å². The summed E-state index contributed by atoms with van der Waals surface area (Å²) in [6.45, 7) is 6.07. The van der Waals surface area contributed by atoms with Crippen LogP contribution in [0.15, 0.2) is 66.8 Å². The maximum Gasteiger partial charge on any atom is 0.178 e. The molecule has 0 unspecified atom stereocenters. The highest BCUT2D eigenvalue weighted by atomic mass is 16.5. The fourth-order valence-corrected chi connectivity index (χ4v) is 3.07. The fourth-order valence-electron chi connectivity index (χ4n) is 3.07. The molecular weight excluding hydrogens is 348 g/mol. The molecule has 0 atom stereocenters. The van der Waals surface area contributed by atoms with Crippen molar-refractivity contribution in [2.45, 2.75) is 58.3 Å². The molecule has 0 aliphatic rings. The molecule has 0 saturated heterocycles. The predicted molar refractivity (Wildman–Crippen MR) is 116 cm³/mol. The molecule has 3 N–H and O–H groups in total. The minimum Gasteiger partial charge on any atom is -0.386 e. The Morgan fingerprint density at radius 2 is 1.61 bits per heavy atom. The summed E-state index contributed by atoms with van der Waals surface area (Å²) in [5, 5.41) is 28.7. The topological polar surface area (TPSA) is 60.7 Å². The highest BCUT2D eigenvalue weighted by Gasteiger charge is 2.16. The Labute approximate surface area is 168 Å². The number of hydrogen-bond donors (Lipinski definition) is 3. The molecule has 0 spiro atoms. The average Bonchev–Trinajstić information content (AvgIpc) is 2.72. The van der Waals surface area contributed by atoms with Crippen LogP contribution in [-0.2, 0) is 12.8 Å². The molecule has 0 saturated carbocycles. The molecule has 3 nitrogen and oxygen atoms in total. The zero-order chi connectivity index (χ0) is 20.6. The van der Waals surface area contributed by atoms with Gasteiger partial charge in [0.25, 0.3) is 0 Å². The lowest BCUT2D eigenvalue weighted by molar-refractivity contribution is -0.0424. The van der Waals surface area contributed by atoms with Crippen molar-refractivity contribution in [3.8, 4) is 0 Å². The van der Waals surface area contributed by atoms with E-state index in [0.717, 1.165) is 18.4 Å². The van der Waals surface area contributed by atoms with E-state index in [4.69, 9.17) is 0 Å². The molecule has 3 heteroatoms. The van der Waals surface area contributed by atoms with Crippen LogP contribution in [0.3, 0.4) is 0 Å². The molecule has 2 rings (SSSR count). The lowest BCUT2D eigenvalue weighted by Crippen LogP contribution is -2.22. The number of aryl methyl sites for hydroxylation is 2. The first-order chi connectivity index (χ1) is 13.4. The van der Waals surface area contributed by atoms with Gasteiger partial charge in [0.2, 0.25) is 0 Å². The Kier molecular flexibility index (Phi) is 8.18. The molecule has 0 fully saturated rings. The number of rotatable bonds is 9. The minimum absolute atomic E-state index is 0.512. The van der Waals surface area contributed by atoms with Gasteiger partial charge in [-0.05, 0) is 54.9 Å². The van der Waals surface area contributed by atoms with E-state index in [1.807, 2.05) is 44.2 Å². The summed E-state index contributed by atoms with van der Waals surface area (Å²) in [5.74, 6) is 0. The third-order valence-electron chi connectivity index (χ3n) is 5.34. The van der Waals surface area contributed by atoms with Gasteiger partial charge in [-0.1, -0.05) is 80.6 Å². The highest BCUT2D eigenvalue weighted by molar-refractivity contribution is 5.65. The maximum atomic E-state index is 10.3. The quantitative estimate of drug-likeness (QED) is 0.425. The molecule has 0 aliphatic heterocycles. The van der Waals surface area contributed by atoms with Crippen LogP contribution in [0.1, 0.15) is 62.2 Å². The molecule has 0 bridgehead atoms. The summed E-state index contributed by atoms with van der Waals surface area (Å²) in [7, 11) is 0. The Balaban J connectivity index is 2.02. The average molecular weight is 381 g/mol. The molecule has 0 amide bonds. The standard InChI is InChI=1S/C25H32O3/c1-4-25(28,5-2)17-7-8-19(3)23-10-6-9-21(18-23)12-11-20-13-15-22(16-14-20)24(26)27/h6-10,13-18,24,26-28H,4-5,11-12H2,1-3H3. The fraction of sp³-hybridized carbons (Fsp3) is 0.360. The zero-order valence-corrected chi connectivity index (χ0v) is 17.1. The lowest BCUT2D eigenvalue weighted by atomic mass is 9.96. The van der Waals surface area contributed by atoms with E-state index in [1.165, 1.54) is 16.7 Å². The van der Waals surface area contributed by atoms with Gasteiger partial charge in [-0.2, -0.15) is 0 Å². The van der Waals surface area contributed by atoms with E-state index < -0.39 is 11.9 Å². The number of hydrogen-bond acceptors (Lipinski definition) is 3. The van der Waals surface area contributed by atoms with E-state index in [1.54, 1.807) is 12.1 Å². The van der Waals surface area contributed by atoms with Crippen molar-refractivity contribution >= 4 is 5.57 Å². The SMILES string of the molecule is CCC(O)(C=CC=C(C)c1cccc(CCc2ccc(C(O)O)cc2)c1)CC. The number of aliphatic hydroxyl groups excluding tert-OH is 1. The molecule has 0 radical (unpaired) electrons. The molecule has 0 aliphatic carbocycles. The summed E-state index contributed by atoms with van der Waals surface area (Å²) in [5.41, 5.74) is 4.56. The summed E-state index contributed by atoms with van der Waals surface area (Å²) in [6, 6.07) is 15.9. The molecule has 2 aromatic rings. The first kappa shape index (κ1) is 22.1. The van der Waals surface area contributed by atoms with Crippen LogP contribution in [-0.4, -0.2) is 20.9 Å². The third kappa shape index (κ3) is 6.45. The van der Waals surface area contributed by atoms with Crippen LogP contribution in [0.2, 0.25) is 0 Å². The van der Waals surface area contributed by atoms with Gasteiger partial charge >= 0.3 is 0 Å². The minimum atomic E-state index is -1.42. The second-order valence-corrected chi connectivity index (χ2v) is 7.34. The van der Waals surface area contributed by atoms with E-state index >= 15 is 0 Å². The highest BCUT2D eigenvalue weighted by Crippen LogP contribution is 2.20. The van der Waals surface area contributed by atoms with Crippen LogP contribution < -0.4 is 0 Å². The molecular formula is C25H32O3. The van der Waals surface area contributed by atoms with Crippen molar-refractivity contribution in [2.75, 3.05) is 0 Å². The van der Waals surface area contributed by atoms with E-state index in [-0.39, 0.29) is 0 Å². The number of benzene rings is 2. The summed E-state index contributed by atoms with van der Waals surface area (Å²) in [4.78, 5) is 0. The number of aliphatic hydroxyl groups is 3. The first-order valence-electron chi connectivity index (χ1n) is 9.99. The first-order valence-corrected chi connectivity index (χ1v) is 9.99. The van der Waals surface area contributed by atoms with E-state index in [0.29, 0.717) is 18.4 Å². The zero-order valence-electron chi connectivity index (χ0n) is 17.1. The van der Waals surface area contributed by atoms with Gasteiger partial charge in [-0.3, -0.25) is 0 Å². The number of allylic oxidation sites excluding steroid dienone is 3. The van der Waals surface area contributed by atoms with Gasteiger partial charge in [0.1, 0.15) is 0 Å². The largest absolute Gasteiger partial charge is 0.386 e. The summed E-state index contributed by atoms with van der Waals surface area (Å²) >= 11 is 0. The smallest absolute Gasteiger partial charge is 0.178 e. The second-order valence-electron chi connectivity index (χ2n) is 7.34. The summed E-state index contributed by atoms with van der Waals surface area (Å²) < 4.78 is 0. The summed E-state index contributed by atoms with van der Waals surface area (Å²) in [6.07, 6.45) is 7.70.